The molecule has 0 aromatic rings. The lowest BCUT2D eigenvalue weighted by molar-refractivity contribution is -0.145. The lowest BCUT2D eigenvalue weighted by atomic mass is 10.1. The molecule has 3 aliphatic heterocycles. The summed E-state index contributed by atoms with van der Waals surface area (Å²) in [4.78, 5) is 77.3. The number of nitrogens with two attached hydrogens (primary N) is 1. The van der Waals surface area contributed by atoms with Gasteiger partial charge in [0.15, 0.2) is 0 Å². The Balaban J connectivity index is 1.34. The number of methoxy groups -OCH3 is 1. The molecule has 0 saturated carbocycles. The smallest absolute Gasteiger partial charge is 0.310 e. The predicted molar refractivity (Wildman–Crippen MR) is 121 cm³/mol. The van der Waals surface area contributed by atoms with E-state index in [2.05, 4.69) is 15.4 Å². The zero-order valence-electron chi connectivity index (χ0n) is 20.0. The van der Waals surface area contributed by atoms with Crippen molar-refractivity contribution in [2.75, 3.05) is 66.0 Å². The number of rotatable bonds is 11. The molecule has 3 heterocycles. The highest BCUT2D eigenvalue weighted by molar-refractivity contribution is 5.90. The van der Waals surface area contributed by atoms with Crippen molar-refractivity contribution in [2.45, 2.75) is 19.3 Å². The second-order valence-corrected chi connectivity index (χ2v) is 9.12. The molecule has 13 nitrogen and oxygen atoms in total. The van der Waals surface area contributed by atoms with Crippen LogP contribution in [0, 0.1) is 17.8 Å². The Bertz CT molecular complexity index is 865. The van der Waals surface area contributed by atoms with Gasteiger partial charge in [0.1, 0.15) is 0 Å². The fourth-order valence-corrected chi connectivity index (χ4v) is 4.71. The topological polar surface area (TPSA) is 171 Å². The van der Waals surface area contributed by atoms with Crippen LogP contribution in [-0.4, -0.2) is 116 Å². The van der Waals surface area contributed by atoms with Crippen molar-refractivity contribution in [2.24, 2.45) is 23.5 Å². The molecular weight excluding hydrogens is 460 g/mol. The van der Waals surface area contributed by atoms with E-state index in [1.54, 1.807) is 4.90 Å². The van der Waals surface area contributed by atoms with Crippen molar-refractivity contribution in [3.63, 3.8) is 0 Å². The first-order valence-corrected chi connectivity index (χ1v) is 11.9. The summed E-state index contributed by atoms with van der Waals surface area (Å²) in [5, 5.41) is 5.53. The number of hydrogen-bond acceptors (Lipinski definition) is 8. The molecule has 3 unspecified atom stereocenters. The molecule has 3 fully saturated rings. The van der Waals surface area contributed by atoms with Crippen LogP contribution in [0.1, 0.15) is 19.3 Å². The Hall–Kier alpha value is -3.22. The van der Waals surface area contributed by atoms with Gasteiger partial charge in [-0.05, 0) is 0 Å². The third-order valence-corrected chi connectivity index (χ3v) is 6.68. The zero-order chi connectivity index (χ0) is 25.5. The summed E-state index contributed by atoms with van der Waals surface area (Å²) in [5.41, 5.74) is 5.48. The van der Waals surface area contributed by atoms with E-state index in [-0.39, 0.29) is 88.1 Å². The Labute approximate surface area is 203 Å². The molecule has 3 atom stereocenters. The normalized spacial score (nSPS) is 24.3. The lowest BCUT2D eigenvalue weighted by Gasteiger charge is -2.19. The second-order valence-electron chi connectivity index (χ2n) is 9.12. The van der Waals surface area contributed by atoms with Crippen LogP contribution in [0.2, 0.25) is 0 Å². The molecule has 0 aromatic heterocycles. The molecule has 0 aliphatic carbocycles. The minimum atomic E-state index is -0.507. The highest BCUT2D eigenvalue weighted by atomic mass is 16.5. The van der Waals surface area contributed by atoms with Gasteiger partial charge in [-0.15, -0.1) is 0 Å². The van der Waals surface area contributed by atoms with Crippen LogP contribution in [0.3, 0.4) is 0 Å². The number of carbonyl (C=O) groups excluding carboxylic acids is 6. The number of carbonyl (C=O) groups is 6. The molecule has 0 radical (unpaired) electrons. The van der Waals surface area contributed by atoms with Crippen LogP contribution in [0.15, 0.2) is 0 Å². The van der Waals surface area contributed by atoms with E-state index in [0.29, 0.717) is 19.6 Å². The fraction of sp³-hybridized carbons (Fsp3) is 0.727. The Kier molecular flexibility index (Phi) is 9.01. The van der Waals surface area contributed by atoms with Gasteiger partial charge in [-0.2, -0.15) is 0 Å². The number of ether oxygens (including phenoxy) is 1. The van der Waals surface area contributed by atoms with E-state index in [0.717, 1.165) is 0 Å². The highest BCUT2D eigenvalue weighted by Gasteiger charge is 2.37. The predicted octanol–water partition coefficient (Wildman–Crippen LogP) is -3.10. The summed E-state index contributed by atoms with van der Waals surface area (Å²) in [7, 11) is 1.28. The van der Waals surface area contributed by atoms with Gasteiger partial charge >= 0.3 is 5.97 Å². The molecule has 5 amide bonds. The molecule has 3 rings (SSSR count). The number of nitrogens with zero attached hydrogens (tertiary/aromatic N) is 3. The maximum absolute atomic E-state index is 12.5. The first-order valence-electron chi connectivity index (χ1n) is 11.9. The van der Waals surface area contributed by atoms with Crippen LogP contribution in [0.25, 0.3) is 0 Å². The van der Waals surface area contributed by atoms with Gasteiger partial charge in [0.2, 0.25) is 29.5 Å². The summed E-state index contributed by atoms with van der Waals surface area (Å²) >= 11 is 0. The fourth-order valence-electron chi connectivity index (χ4n) is 4.71. The number of amides is 5. The van der Waals surface area contributed by atoms with Gasteiger partial charge in [-0.25, -0.2) is 0 Å². The van der Waals surface area contributed by atoms with Crippen molar-refractivity contribution >= 4 is 35.5 Å². The van der Waals surface area contributed by atoms with Gasteiger partial charge in [0.05, 0.1) is 24.9 Å². The van der Waals surface area contributed by atoms with Crippen molar-refractivity contribution in [3.05, 3.63) is 0 Å². The average molecular weight is 495 g/mol. The second kappa shape index (κ2) is 12.0. The van der Waals surface area contributed by atoms with Gasteiger partial charge in [-0.3, -0.25) is 28.8 Å². The van der Waals surface area contributed by atoms with Gasteiger partial charge in [-0.1, -0.05) is 0 Å². The summed E-state index contributed by atoms with van der Waals surface area (Å²) in [6.45, 7) is 2.65. The Morgan fingerprint density at radius 1 is 0.771 bits per heavy atom. The van der Waals surface area contributed by atoms with E-state index in [1.165, 1.54) is 16.9 Å². The molecule has 194 valence electrons. The third-order valence-electron chi connectivity index (χ3n) is 6.68. The molecular formula is C22H34N6O7. The van der Waals surface area contributed by atoms with Gasteiger partial charge < -0.3 is 35.8 Å². The Morgan fingerprint density at radius 2 is 1.17 bits per heavy atom. The summed E-state index contributed by atoms with van der Waals surface area (Å²) in [6, 6.07) is 0. The summed E-state index contributed by atoms with van der Waals surface area (Å²) in [5.74, 6) is -2.75. The minimum absolute atomic E-state index is 0.0814. The van der Waals surface area contributed by atoms with Gasteiger partial charge in [0, 0.05) is 78.2 Å². The molecule has 0 aromatic carbocycles. The first kappa shape index (κ1) is 26.4. The Morgan fingerprint density at radius 3 is 1.60 bits per heavy atom. The van der Waals surface area contributed by atoms with Gasteiger partial charge in [0.25, 0.3) is 0 Å². The molecule has 4 N–H and O–H groups in total. The molecule has 0 spiro atoms. The van der Waals surface area contributed by atoms with Crippen LogP contribution in [-0.2, 0) is 33.5 Å². The van der Waals surface area contributed by atoms with Crippen LogP contribution >= 0.6 is 0 Å². The molecule has 35 heavy (non-hydrogen) atoms. The van der Waals surface area contributed by atoms with E-state index in [9.17, 15) is 28.8 Å². The maximum Gasteiger partial charge on any atom is 0.310 e. The summed E-state index contributed by atoms with van der Waals surface area (Å²) < 4.78 is 4.68. The molecule has 0 bridgehead atoms. The highest BCUT2D eigenvalue weighted by Crippen LogP contribution is 2.20. The molecule has 13 heteroatoms. The van der Waals surface area contributed by atoms with Crippen LogP contribution in [0.4, 0.5) is 0 Å². The first-order chi connectivity index (χ1) is 16.7. The maximum atomic E-state index is 12.5. The number of likely N-dealkylation sites (tertiary alicyclic amines) is 3. The van der Waals surface area contributed by atoms with E-state index in [1.807, 2.05) is 0 Å². The van der Waals surface area contributed by atoms with E-state index in [4.69, 9.17) is 5.73 Å². The number of esters is 1. The van der Waals surface area contributed by atoms with Crippen molar-refractivity contribution in [1.29, 1.82) is 0 Å². The van der Waals surface area contributed by atoms with Crippen LogP contribution < -0.4 is 16.4 Å². The van der Waals surface area contributed by atoms with Crippen molar-refractivity contribution < 1.29 is 33.5 Å². The number of hydrogen-bond donors (Lipinski definition) is 3. The molecule has 3 aliphatic rings. The molecule has 3 saturated heterocycles. The van der Waals surface area contributed by atoms with Crippen LogP contribution in [0.5, 0.6) is 0 Å². The zero-order valence-corrected chi connectivity index (χ0v) is 20.0. The largest absolute Gasteiger partial charge is 0.469 e. The quantitative estimate of drug-likeness (QED) is 0.253. The number of nitrogens with one attached hydrogen (secondary N) is 2. The van der Waals surface area contributed by atoms with Crippen molar-refractivity contribution in [1.82, 2.24) is 25.3 Å². The third kappa shape index (κ3) is 6.68. The summed E-state index contributed by atoms with van der Waals surface area (Å²) in [6.07, 6.45) is 0.341. The lowest BCUT2D eigenvalue weighted by Crippen LogP contribution is -2.41. The average Bonchev–Trinajstić information content (AvgIpc) is 3.51. The standard InChI is InChI=1S/C22H34N6O7/c1-35-22(34)16-10-19(31)28(13-16)7-4-25-21(33)15-9-18(30)27(12-15)6-3-24-20(32)14-8-17(29)26(11-14)5-2-23/h14-16H,2-13,23H2,1H3,(H,24,32)(H,25,33). The minimum Gasteiger partial charge on any atom is -0.469 e. The van der Waals surface area contributed by atoms with E-state index >= 15 is 0 Å². The SMILES string of the molecule is COC(=O)C1CC(=O)N(CCNC(=O)C2CC(=O)N(CCNC(=O)C3CC(=O)N(CCN)C3)C2)C1. The monoisotopic (exact) mass is 494 g/mol. The van der Waals surface area contributed by atoms with E-state index < -0.39 is 23.7 Å². The van der Waals surface area contributed by atoms with Crippen molar-refractivity contribution in [3.8, 4) is 0 Å².